The molecule has 0 heterocycles. The van der Waals surface area contributed by atoms with E-state index in [2.05, 4.69) is 5.32 Å². The first-order chi connectivity index (χ1) is 15.3. The summed E-state index contributed by atoms with van der Waals surface area (Å²) in [5.74, 6) is -0.145. The fourth-order valence-corrected chi connectivity index (χ4v) is 4.04. The van der Waals surface area contributed by atoms with Crippen molar-refractivity contribution in [2.24, 2.45) is 0 Å². The first-order valence-electron chi connectivity index (χ1n) is 11.4. The van der Waals surface area contributed by atoms with Crippen molar-refractivity contribution in [1.29, 1.82) is 0 Å². The molecular weight excluding hydrogens is 407 g/mol. The number of ether oxygens (including phenoxy) is 1. The number of carbonyl (C=O) groups excluding carboxylic acids is 2. The summed E-state index contributed by atoms with van der Waals surface area (Å²) in [4.78, 5) is 27.6. The lowest BCUT2D eigenvalue weighted by molar-refractivity contribution is -0.142. The first-order valence-corrected chi connectivity index (χ1v) is 11.4. The highest BCUT2D eigenvalue weighted by Crippen LogP contribution is 2.21. The third-order valence-electron chi connectivity index (χ3n) is 6.29. The monoisotopic (exact) mass is 440 g/mol. The van der Waals surface area contributed by atoms with Crippen LogP contribution in [0.15, 0.2) is 42.5 Å². The Morgan fingerprint density at radius 2 is 1.78 bits per heavy atom. The van der Waals surface area contributed by atoms with Crippen LogP contribution in [0.1, 0.15) is 55.7 Å². The summed E-state index contributed by atoms with van der Waals surface area (Å²) in [7, 11) is 0. The Bertz CT molecular complexity index is 923. The summed E-state index contributed by atoms with van der Waals surface area (Å²) in [5, 5.41) is 3.11. The molecule has 1 aliphatic carbocycles. The largest absolute Gasteiger partial charge is 0.483 e. The molecule has 0 unspecified atom stereocenters. The average Bonchev–Trinajstić information content (AvgIpc) is 2.79. The Labute approximate surface area is 190 Å². The number of aryl methyl sites for hydroxylation is 1. The zero-order valence-electron chi connectivity index (χ0n) is 19.2. The number of rotatable bonds is 8. The van der Waals surface area contributed by atoms with E-state index in [0.29, 0.717) is 5.75 Å². The highest BCUT2D eigenvalue weighted by Gasteiger charge is 2.28. The van der Waals surface area contributed by atoms with Gasteiger partial charge >= 0.3 is 0 Å². The van der Waals surface area contributed by atoms with Crippen LogP contribution in [-0.4, -0.2) is 35.4 Å². The number of nitrogens with one attached hydrogen (secondary N) is 1. The zero-order chi connectivity index (χ0) is 23.1. The molecule has 5 nitrogen and oxygen atoms in total. The fraction of sp³-hybridized carbons (Fsp3) is 0.462. The van der Waals surface area contributed by atoms with E-state index in [9.17, 15) is 14.0 Å². The molecule has 6 heteroatoms. The van der Waals surface area contributed by atoms with Gasteiger partial charge in [0.25, 0.3) is 5.91 Å². The topological polar surface area (TPSA) is 58.6 Å². The normalized spacial score (nSPS) is 15.1. The standard InChI is InChI=1S/C26H33FN2O3/c1-18-8-7-11-24(19(18)2)32-17-25(30)29(16-21-12-14-22(27)15-13-21)20(3)26(31)28-23-9-5-4-6-10-23/h7-8,11-15,20,23H,4-6,9-10,16-17H2,1-3H3,(H,28,31)/t20-/m0/s1. The third-order valence-corrected chi connectivity index (χ3v) is 6.29. The number of hydrogen-bond acceptors (Lipinski definition) is 3. The summed E-state index contributed by atoms with van der Waals surface area (Å²) >= 11 is 0. The van der Waals surface area contributed by atoms with E-state index in [1.54, 1.807) is 19.1 Å². The van der Waals surface area contributed by atoms with Crippen molar-refractivity contribution in [2.75, 3.05) is 6.61 Å². The fourth-order valence-electron chi connectivity index (χ4n) is 4.04. The second kappa shape index (κ2) is 11.1. The maximum absolute atomic E-state index is 13.3. The second-order valence-electron chi connectivity index (χ2n) is 8.65. The molecule has 0 radical (unpaired) electrons. The van der Waals surface area contributed by atoms with E-state index >= 15 is 0 Å². The summed E-state index contributed by atoms with van der Waals surface area (Å²) in [5.41, 5.74) is 2.82. The molecule has 3 rings (SSSR count). The summed E-state index contributed by atoms with van der Waals surface area (Å²) in [6.07, 6.45) is 5.37. The quantitative estimate of drug-likeness (QED) is 0.648. The van der Waals surface area contributed by atoms with Gasteiger partial charge in [0.2, 0.25) is 5.91 Å². The van der Waals surface area contributed by atoms with Crippen molar-refractivity contribution in [3.05, 3.63) is 65.0 Å². The minimum atomic E-state index is -0.670. The molecule has 0 saturated heterocycles. The highest BCUT2D eigenvalue weighted by atomic mass is 19.1. The van der Waals surface area contributed by atoms with E-state index in [1.165, 1.54) is 23.5 Å². The molecule has 0 bridgehead atoms. The van der Waals surface area contributed by atoms with Gasteiger partial charge in [-0.2, -0.15) is 0 Å². The Hall–Kier alpha value is -2.89. The molecule has 1 N–H and O–H groups in total. The van der Waals surface area contributed by atoms with Crippen molar-refractivity contribution in [3.8, 4) is 5.75 Å². The van der Waals surface area contributed by atoms with E-state index in [0.717, 1.165) is 42.4 Å². The summed E-state index contributed by atoms with van der Waals surface area (Å²) < 4.78 is 19.2. The molecule has 0 aliphatic heterocycles. The van der Waals surface area contributed by atoms with Gasteiger partial charge in [0, 0.05) is 12.6 Å². The van der Waals surface area contributed by atoms with Gasteiger partial charge in [0.1, 0.15) is 17.6 Å². The Kier molecular flexibility index (Phi) is 8.26. The minimum absolute atomic E-state index is 0.160. The van der Waals surface area contributed by atoms with E-state index in [-0.39, 0.29) is 36.8 Å². The molecule has 2 aromatic carbocycles. The van der Waals surface area contributed by atoms with Crippen LogP contribution in [0.5, 0.6) is 5.75 Å². The molecule has 1 fully saturated rings. The van der Waals surface area contributed by atoms with Crippen LogP contribution in [0.25, 0.3) is 0 Å². The Balaban J connectivity index is 1.72. The SMILES string of the molecule is Cc1cccc(OCC(=O)N(Cc2ccc(F)cc2)[C@@H](C)C(=O)NC2CCCCC2)c1C. The molecule has 1 saturated carbocycles. The lowest BCUT2D eigenvalue weighted by atomic mass is 9.95. The predicted molar refractivity (Wildman–Crippen MR) is 123 cm³/mol. The third kappa shape index (κ3) is 6.31. The van der Waals surface area contributed by atoms with E-state index in [1.807, 2.05) is 32.0 Å². The van der Waals surface area contributed by atoms with Gasteiger partial charge in [-0.15, -0.1) is 0 Å². The van der Waals surface area contributed by atoms with Crippen LogP contribution < -0.4 is 10.1 Å². The van der Waals surface area contributed by atoms with E-state index in [4.69, 9.17) is 4.74 Å². The lowest BCUT2D eigenvalue weighted by Gasteiger charge is -2.31. The van der Waals surface area contributed by atoms with Crippen LogP contribution in [0, 0.1) is 19.7 Å². The lowest BCUT2D eigenvalue weighted by Crippen LogP contribution is -2.51. The number of benzene rings is 2. The average molecular weight is 441 g/mol. The number of amides is 2. The molecule has 32 heavy (non-hydrogen) atoms. The number of carbonyl (C=O) groups is 2. The molecule has 1 aliphatic rings. The molecule has 0 aromatic heterocycles. The zero-order valence-corrected chi connectivity index (χ0v) is 19.2. The van der Waals surface area contributed by atoms with Crippen molar-refractivity contribution in [3.63, 3.8) is 0 Å². The van der Waals surface area contributed by atoms with Crippen molar-refractivity contribution in [2.45, 2.75) is 71.5 Å². The van der Waals surface area contributed by atoms with Crippen LogP contribution in [0.3, 0.4) is 0 Å². The van der Waals surface area contributed by atoms with Gasteiger partial charge in [-0.05, 0) is 68.5 Å². The molecule has 1 atom stereocenters. The first kappa shape index (κ1) is 23.8. The Morgan fingerprint density at radius 1 is 1.09 bits per heavy atom. The van der Waals surface area contributed by atoms with Crippen molar-refractivity contribution >= 4 is 11.8 Å². The van der Waals surface area contributed by atoms with Crippen LogP contribution in [0.4, 0.5) is 4.39 Å². The maximum Gasteiger partial charge on any atom is 0.261 e. The van der Waals surface area contributed by atoms with Gasteiger partial charge < -0.3 is 15.0 Å². The van der Waals surface area contributed by atoms with Crippen LogP contribution >= 0.6 is 0 Å². The van der Waals surface area contributed by atoms with Gasteiger partial charge in [-0.25, -0.2) is 4.39 Å². The second-order valence-corrected chi connectivity index (χ2v) is 8.65. The number of halogens is 1. The van der Waals surface area contributed by atoms with Crippen LogP contribution in [-0.2, 0) is 16.1 Å². The summed E-state index contributed by atoms with van der Waals surface area (Å²) in [6, 6.07) is 11.2. The molecule has 172 valence electrons. The predicted octanol–water partition coefficient (Wildman–Crippen LogP) is 4.69. The van der Waals surface area contributed by atoms with Gasteiger partial charge in [-0.3, -0.25) is 9.59 Å². The van der Waals surface area contributed by atoms with Gasteiger partial charge in [-0.1, -0.05) is 43.5 Å². The molecule has 0 spiro atoms. The Morgan fingerprint density at radius 3 is 2.47 bits per heavy atom. The maximum atomic E-state index is 13.3. The smallest absolute Gasteiger partial charge is 0.261 e. The summed E-state index contributed by atoms with van der Waals surface area (Å²) in [6.45, 7) is 5.70. The highest BCUT2D eigenvalue weighted by molar-refractivity contribution is 5.88. The van der Waals surface area contributed by atoms with Gasteiger partial charge in [0.05, 0.1) is 0 Å². The molecule has 2 amide bonds. The van der Waals surface area contributed by atoms with E-state index < -0.39 is 6.04 Å². The van der Waals surface area contributed by atoms with Crippen molar-refractivity contribution < 1.29 is 18.7 Å². The minimum Gasteiger partial charge on any atom is -0.483 e. The van der Waals surface area contributed by atoms with Crippen LogP contribution in [0.2, 0.25) is 0 Å². The number of nitrogens with zero attached hydrogens (tertiary/aromatic N) is 1. The van der Waals surface area contributed by atoms with Crippen molar-refractivity contribution in [1.82, 2.24) is 10.2 Å². The number of hydrogen-bond donors (Lipinski definition) is 1. The molecular formula is C26H33FN2O3. The van der Waals surface area contributed by atoms with Gasteiger partial charge in [0.15, 0.2) is 6.61 Å². The molecule has 2 aromatic rings.